The molecule has 0 fully saturated rings. The van der Waals surface area contributed by atoms with Gasteiger partial charge in [-0.25, -0.2) is 0 Å². The van der Waals surface area contributed by atoms with Crippen LogP contribution < -0.4 is 9.47 Å². The summed E-state index contributed by atoms with van der Waals surface area (Å²) in [6.45, 7) is 2.26. The van der Waals surface area contributed by atoms with Gasteiger partial charge in [0.25, 0.3) is 0 Å². The lowest BCUT2D eigenvalue weighted by atomic mass is 10.0. The van der Waals surface area contributed by atoms with Crippen LogP contribution in [0.1, 0.15) is 94.3 Å². The van der Waals surface area contributed by atoms with Crippen molar-refractivity contribution in [3.63, 3.8) is 0 Å². The van der Waals surface area contributed by atoms with Gasteiger partial charge in [-0.2, -0.15) is 0 Å². The largest absolute Gasteiger partial charge is 0.493 e. The maximum absolute atomic E-state index is 12.3. The molecule has 0 spiro atoms. The average Bonchev–Trinajstić information content (AvgIpc) is 2.65. The van der Waals surface area contributed by atoms with Crippen LogP contribution >= 0.6 is 0 Å². The van der Waals surface area contributed by atoms with E-state index in [4.69, 9.17) is 9.47 Å². The summed E-state index contributed by atoms with van der Waals surface area (Å²) < 4.78 is 10.5. The summed E-state index contributed by atoms with van der Waals surface area (Å²) in [6, 6.07) is 5.40. The summed E-state index contributed by atoms with van der Waals surface area (Å²) >= 11 is 0. The second kappa shape index (κ2) is 13.7. The number of hydrogen-bond acceptors (Lipinski definition) is 3. The molecule has 3 nitrogen and oxygen atoms in total. The van der Waals surface area contributed by atoms with Gasteiger partial charge < -0.3 is 9.47 Å². The highest BCUT2D eigenvalue weighted by molar-refractivity contribution is 5.96. The first-order valence-electron chi connectivity index (χ1n) is 9.98. The zero-order chi connectivity index (χ0) is 18.3. The third-order valence-electron chi connectivity index (χ3n) is 4.71. The molecule has 0 radical (unpaired) electrons. The minimum absolute atomic E-state index is 0.192. The van der Waals surface area contributed by atoms with E-state index in [1.54, 1.807) is 26.4 Å². The Morgan fingerprint density at radius 3 is 1.80 bits per heavy atom. The van der Waals surface area contributed by atoms with Crippen molar-refractivity contribution in [3.05, 3.63) is 23.8 Å². The summed E-state index contributed by atoms with van der Waals surface area (Å²) in [5.41, 5.74) is 0.713. The normalized spacial score (nSPS) is 10.7. The molecule has 3 heteroatoms. The zero-order valence-electron chi connectivity index (χ0n) is 16.4. The van der Waals surface area contributed by atoms with Crippen molar-refractivity contribution in [2.24, 2.45) is 0 Å². The molecule has 142 valence electrons. The highest BCUT2D eigenvalue weighted by Crippen LogP contribution is 2.28. The molecular formula is C22H36O3. The van der Waals surface area contributed by atoms with Gasteiger partial charge >= 0.3 is 0 Å². The molecule has 1 aromatic rings. The van der Waals surface area contributed by atoms with Crippen molar-refractivity contribution in [2.75, 3.05) is 14.2 Å². The number of benzene rings is 1. The third-order valence-corrected chi connectivity index (χ3v) is 4.71. The Labute approximate surface area is 154 Å². The van der Waals surface area contributed by atoms with Crippen molar-refractivity contribution < 1.29 is 14.3 Å². The number of unbranched alkanes of at least 4 members (excludes halogenated alkanes) is 10. The fraction of sp³-hybridized carbons (Fsp3) is 0.682. The van der Waals surface area contributed by atoms with Crippen LogP contribution in [-0.2, 0) is 0 Å². The van der Waals surface area contributed by atoms with Gasteiger partial charge in [0.05, 0.1) is 14.2 Å². The van der Waals surface area contributed by atoms with E-state index in [0.29, 0.717) is 23.5 Å². The quantitative estimate of drug-likeness (QED) is 0.265. The fourth-order valence-corrected chi connectivity index (χ4v) is 3.10. The van der Waals surface area contributed by atoms with Crippen LogP contribution in [-0.4, -0.2) is 20.0 Å². The van der Waals surface area contributed by atoms with Crippen molar-refractivity contribution in [2.45, 2.75) is 84.0 Å². The molecule has 1 aromatic carbocycles. The summed E-state index contributed by atoms with van der Waals surface area (Å²) in [6.07, 6.45) is 14.9. The number of ether oxygens (including phenoxy) is 2. The molecule has 0 aliphatic heterocycles. The number of Topliss-reactive ketones (excluding diaryl/α,β-unsaturated/α-hetero) is 1. The Hall–Kier alpha value is -1.51. The Kier molecular flexibility index (Phi) is 11.8. The maximum Gasteiger partial charge on any atom is 0.163 e. The van der Waals surface area contributed by atoms with E-state index < -0.39 is 0 Å². The monoisotopic (exact) mass is 348 g/mol. The van der Waals surface area contributed by atoms with Crippen LogP contribution in [0.4, 0.5) is 0 Å². The molecule has 0 aliphatic carbocycles. The van der Waals surface area contributed by atoms with Gasteiger partial charge in [-0.1, -0.05) is 71.1 Å². The summed E-state index contributed by atoms with van der Waals surface area (Å²) in [5, 5.41) is 0. The second-order valence-corrected chi connectivity index (χ2v) is 6.78. The predicted octanol–water partition coefficient (Wildman–Crippen LogP) is 6.59. The molecule has 0 N–H and O–H groups in total. The lowest BCUT2D eigenvalue weighted by molar-refractivity contribution is 0.0978. The summed E-state index contributed by atoms with van der Waals surface area (Å²) in [4.78, 5) is 12.3. The molecule has 25 heavy (non-hydrogen) atoms. The Morgan fingerprint density at radius 2 is 1.28 bits per heavy atom. The van der Waals surface area contributed by atoms with E-state index >= 15 is 0 Å². The molecule has 0 atom stereocenters. The zero-order valence-corrected chi connectivity index (χ0v) is 16.4. The molecule has 0 aliphatic rings. The van der Waals surface area contributed by atoms with Gasteiger partial charge in [0, 0.05) is 12.0 Å². The van der Waals surface area contributed by atoms with Gasteiger partial charge in [-0.3, -0.25) is 4.79 Å². The molecular weight excluding hydrogens is 312 g/mol. The van der Waals surface area contributed by atoms with Gasteiger partial charge in [0.15, 0.2) is 17.3 Å². The Balaban J connectivity index is 2.11. The topological polar surface area (TPSA) is 35.5 Å². The van der Waals surface area contributed by atoms with Crippen LogP contribution in [0.25, 0.3) is 0 Å². The van der Waals surface area contributed by atoms with Crippen LogP contribution in [0.5, 0.6) is 11.5 Å². The lowest BCUT2D eigenvalue weighted by Crippen LogP contribution is -2.00. The van der Waals surface area contributed by atoms with E-state index in [0.717, 1.165) is 12.8 Å². The first-order valence-corrected chi connectivity index (χ1v) is 9.98. The number of ketones is 1. The fourth-order valence-electron chi connectivity index (χ4n) is 3.10. The van der Waals surface area contributed by atoms with Crippen LogP contribution in [0, 0.1) is 0 Å². The highest BCUT2D eigenvalue weighted by atomic mass is 16.5. The van der Waals surface area contributed by atoms with Crippen molar-refractivity contribution >= 4 is 5.78 Å². The molecule has 0 saturated carbocycles. The average molecular weight is 349 g/mol. The van der Waals surface area contributed by atoms with E-state index in [2.05, 4.69) is 6.92 Å². The lowest BCUT2D eigenvalue weighted by Gasteiger charge is -2.09. The first-order chi connectivity index (χ1) is 12.2. The SMILES string of the molecule is CCCCCCCCCCCCCC(=O)c1ccc(OC)c(OC)c1. The molecule has 1 rings (SSSR count). The van der Waals surface area contributed by atoms with Crippen LogP contribution in [0.3, 0.4) is 0 Å². The molecule has 0 saturated heterocycles. The predicted molar refractivity (Wildman–Crippen MR) is 105 cm³/mol. The van der Waals surface area contributed by atoms with E-state index in [1.807, 2.05) is 6.07 Å². The Bertz CT molecular complexity index is 482. The highest BCUT2D eigenvalue weighted by Gasteiger charge is 2.10. The van der Waals surface area contributed by atoms with E-state index in [9.17, 15) is 4.79 Å². The number of carbonyl (C=O) groups is 1. The first kappa shape index (κ1) is 21.5. The van der Waals surface area contributed by atoms with Crippen molar-refractivity contribution in [1.29, 1.82) is 0 Å². The van der Waals surface area contributed by atoms with E-state index in [-0.39, 0.29) is 5.78 Å². The second-order valence-electron chi connectivity index (χ2n) is 6.78. The van der Waals surface area contributed by atoms with Gasteiger partial charge in [0.2, 0.25) is 0 Å². The van der Waals surface area contributed by atoms with Crippen LogP contribution in [0.15, 0.2) is 18.2 Å². The summed E-state index contributed by atoms with van der Waals surface area (Å²) in [5.74, 6) is 1.47. The molecule has 0 aromatic heterocycles. The summed E-state index contributed by atoms with van der Waals surface area (Å²) in [7, 11) is 3.19. The van der Waals surface area contributed by atoms with Gasteiger partial charge in [0.1, 0.15) is 0 Å². The van der Waals surface area contributed by atoms with Crippen molar-refractivity contribution in [3.8, 4) is 11.5 Å². The van der Waals surface area contributed by atoms with Gasteiger partial charge in [-0.05, 0) is 24.6 Å². The van der Waals surface area contributed by atoms with Crippen molar-refractivity contribution in [1.82, 2.24) is 0 Å². The molecule has 0 unspecified atom stereocenters. The van der Waals surface area contributed by atoms with Gasteiger partial charge in [-0.15, -0.1) is 0 Å². The molecule has 0 bridgehead atoms. The number of carbonyl (C=O) groups excluding carboxylic acids is 1. The minimum Gasteiger partial charge on any atom is -0.493 e. The maximum atomic E-state index is 12.3. The number of methoxy groups -OCH3 is 2. The van der Waals surface area contributed by atoms with E-state index in [1.165, 1.54) is 57.8 Å². The third kappa shape index (κ3) is 8.94. The molecule has 0 heterocycles. The number of rotatable bonds is 15. The standard InChI is InChI=1S/C22H36O3/c1-4-5-6-7-8-9-10-11-12-13-14-15-20(23)19-16-17-21(24-2)22(18-19)25-3/h16-18H,4-15H2,1-3H3. The smallest absolute Gasteiger partial charge is 0.163 e. The van der Waals surface area contributed by atoms with Crippen LogP contribution in [0.2, 0.25) is 0 Å². The Morgan fingerprint density at radius 1 is 0.760 bits per heavy atom. The number of hydrogen-bond donors (Lipinski definition) is 0. The minimum atomic E-state index is 0.192. The molecule has 0 amide bonds.